The number of aryl methyl sites for hydroxylation is 1. The minimum absolute atomic E-state index is 0.328. The van der Waals surface area contributed by atoms with E-state index in [1.807, 2.05) is 49.4 Å². The summed E-state index contributed by atoms with van der Waals surface area (Å²) >= 11 is 6.25. The Labute approximate surface area is 163 Å². The zero-order valence-electron chi connectivity index (χ0n) is 15.0. The fourth-order valence-electron chi connectivity index (χ4n) is 2.47. The Morgan fingerprint density at radius 3 is 2.81 bits per heavy atom. The van der Waals surface area contributed by atoms with Crippen LogP contribution in [-0.2, 0) is 6.54 Å². The molecule has 0 radical (unpaired) electrons. The van der Waals surface area contributed by atoms with E-state index < -0.39 is 0 Å². The van der Waals surface area contributed by atoms with Gasteiger partial charge in [-0.2, -0.15) is 4.98 Å². The van der Waals surface area contributed by atoms with E-state index >= 15 is 0 Å². The normalized spacial score (nSPS) is 10.1. The number of hydrogen-bond acceptors (Lipinski definition) is 5. The van der Waals surface area contributed by atoms with Crippen LogP contribution in [0.25, 0.3) is 4.85 Å². The van der Waals surface area contributed by atoms with Crippen LogP contribution in [0.5, 0.6) is 5.75 Å². The van der Waals surface area contributed by atoms with Gasteiger partial charge in [-0.15, -0.1) is 0 Å². The molecule has 0 aliphatic heterocycles. The standard InChI is InChI=1S/C20H18ClN5O/c1-13-7-8-16(27-3)10-18(13)25-20-23-12-17(21)19(26-20)24-15-6-4-5-14(9-15)11-22-2/h4-10,12H,11H2,1,3H3,(H2,23,24,25,26). The zero-order chi connectivity index (χ0) is 19.2. The van der Waals surface area contributed by atoms with Crippen LogP contribution in [0.15, 0.2) is 48.7 Å². The summed E-state index contributed by atoms with van der Waals surface area (Å²) in [5, 5.41) is 6.78. The lowest BCUT2D eigenvalue weighted by atomic mass is 10.2. The summed E-state index contributed by atoms with van der Waals surface area (Å²) in [5.74, 6) is 1.64. The molecule has 136 valence electrons. The molecule has 6 nitrogen and oxygen atoms in total. The van der Waals surface area contributed by atoms with Crippen LogP contribution >= 0.6 is 11.6 Å². The minimum Gasteiger partial charge on any atom is -0.497 e. The van der Waals surface area contributed by atoms with Crippen molar-refractivity contribution in [2.75, 3.05) is 17.7 Å². The fraction of sp³-hybridized carbons (Fsp3) is 0.150. The first kappa shape index (κ1) is 18.5. The van der Waals surface area contributed by atoms with Gasteiger partial charge >= 0.3 is 0 Å². The number of hydrogen-bond donors (Lipinski definition) is 2. The average molecular weight is 380 g/mol. The van der Waals surface area contributed by atoms with Crippen molar-refractivity contribution in [2.45, 2.75) is 13.5 Å². The predicted octanol–water partition coefficient (Wildman–Crippen LogP) is 5.35. The van der Waals surface area contributed by atoms with Gasteiger partial charge in [0.15, 0.2) is 5.82 Å². The molecule has 0 bridgehead atoms. The summed E-state index contributed by atoms with van der Waals surface area (Å²) in [7, 11) is 1.62. The molecule has 0 atom stereocenters. The lowest BCUT2D eigenvalue weighted by Gasteiger charge is -2.12. The monoisotopic (exact) mass is 379 g/mol. The maximum Gasteiger partial charge on any atom is 0.239 e. The van der Waals surface area contributed by atoms with E-state index in [4.69, 9.17) is 22.9 Å². The molecule has 1 aromatic heterocycles. The topological polar surface area (TPSA) is 63.4 Å². The van der Waals surface area contributed by atoms with E-state index in [2.05, 4.69) is 25.4 Å². The molecular weight excluding hydrogens is 362 g/mol. The first-order valence-corrected chi connectivity index (χ1v) is 8.60. The van der Waals surface area contributed by atoms with Crippen molar-refractivity contribution >= 4 is 34.7 Å². The lowest BCUT2D eigenvalue weighted by Crippen LogP contribution is -2.02. The second-order valence-corrected chi connectivity index (χ2v) is 6.24. The molecule has 2 N–H and O–H groups in total. The molecular formula is C20H18ClN5O. The Hall–Kier alpha value is -3.30. The van der Waals surface area contributed by atoms with E-state index in [-0.39, 0.29) is 0 Å². The molecule has 0 unspecified atom stereocenters. The second kappa shape index (κ2) is 8.39. The smallest absolute Gasteiger partial charge is 0.239 e. The highest BCUT2D eigenvalue weighted by atomic mass is 35.5. The molecule has 0 amide bonds. The quantitative estimate of drug-likeness (QED) is 0.565. The number of aromatic nitrogens is 2. The number of anilines is 4. The number of halogens is 1. The van der Waals surface area contributed by atoms with Gasteiger partial charge in [-0.25, -0.2) is 11.6 Å². The van der Waals surface area contributed by atoms with Gasteiger partial charge in [0.05, 0.1) is 13.3 Å². The SMILES string of the molecule is [C-]#[N+]Cc1cccc(Nc2nc(Nc3cc(OC)ccc3C)ncc2Cl)c1. The van der Waals surface area contributed by atoms with Gasteiger partial charge in [0.25, 0.3) is 0 Å². The van der Waals surface area contributed by atoms with Crippen molar-refractivity contribution in [1.29, 1.82) is 0 Å². The van der Waals surface area contributed by atoms with E-state index in [0.29, 0.717) is 23.3 Å². The van der Waals surface area contributed by atoms with Gasteiger partial charge in [-0.3, -0.25) is 0 Å². The molecule has 0 aliphatic rings. The predicted molar refractivity (Wildman–Crippen MR) is 108 cm³/mol. The van der Waals surface area contributed by atoms with Crippen molar-refractivity contribution < 1.29 is 4.74 Å². The number of ether oxygens (including phenoxy) is 1. The maximum absolute atomic E-state index is 6.99. The Bertz CT molecular complexity index is 1000. The van der Waals surface area contributed by atoms with E-state index in [9.17, 15) is 0 Å². The third-order valence-electron chi connectivity index (χ3n) is 3.89. The molecule has 0 saturated carbocycles. The van der Waals surface area contributed by atoms with Crippen LogP contribution in [0.1, 0.15) is 11.1 Å². The third-order valence-corrected chi connectivity index (χ3v) is 4.16. The summed E-state index contributed by atoms with van der Waals surface area (Å²) in [5.41, 5.74) is 3.61. The van der Waals surface area contributed by atoms with Crippen molar-refractivity contribution in [3.8, 4) is 5.75 Å². The Kier molecular flexibility index (Phi) is 5.74. The molecule has 3 aromatic rings. The van der Waals surface area contributed by atoms with Gasteiger partial charge in [0, 0.05) is 23.0 Å². The van der Waals surface area contributed by atoms with Crippen molar-refractivity contribution in [3.05, 3.63) is 76.2 Å². The van der Waals surface area contributed by atoms with Crippen LogP contribution < -0.4 is 15.4 Å². The number of methoxy groups -OCH3 is 1. The number of benzene rings is 2. The van der Waals surface area contributed by atoms with Gasteiger partial charge in [0.2, 0.25) is 12.5 Å². The molecule has 0 aliphatic carbocycles. The first-order chi connectivity index (χ1) is 13.1. The Balaban J connectivity index is 1.85. The molecule has 0 spiro atoms. The van der Waals surface area contributed by atoms with Gasteiger partial charge in [-0.1, -0.05) is 29.8 Å². The van der Waals surface area contributed by atoms with Crippen LogP contribution in [-0.4, -0.2) is 17.1 Å². The van der Waals surface area contributed by atoms with E-state index in [1.54, 1.807) is 7.11 Å². The largest absolute Gasteiger partial charge is 0.497 e. The third kappa shape index (κ3) is 4.66. The average Bonchev–Trinajstić information content (AvgIpc) is 2.67. The highest BCUT2D eigenvalue weighted by Gasteiger charge is 2.09. The van der Waals surface area contributed by atoms with E-state index in [1.165, 1.54) is 6.20 Å². The highest BCUT2D eigenvalue weighted by molar-refractivity contribution is 6.32. The first-order valence-electron chi connectivity index (χ1n) is 8.22. The number of nitrogens with zero attached hydrogens (tertiary/aromatic N) is 3. The van der Waals surface area contributed by atoms with Gasteiger partial charge < -0.3 is 20.2 Å². The Morgan fingerprint density at radius 2 is 2.04 bits per heavy atom. The molecule has 0 saturated heterocycles. The van der Waals surface area contributed by atoms with Gasteiger partial charge in [-0.05, 0) is 30.7 Å². The van der Waals surface area contributed by atoms with Gasteiger partial charge in [0.1, 0.15) is 10.8 Å². The number of rotatable bonds is 6. The molecule has 0 fully saturated rings. The van der Waals surface area contributed by atoms with Crippen molar-refractivity contribution in [3.63, 3.8) is 0 Å². The van der Waals surface area contributed by atoms with E-state index in [0.717, 1.165) is 28.3 Å². The molecule has 2 aromatic carbocycles. The summed E-state index contributed by atoms with van der Waals surface area (Å²) < 4.78 is 5.27. The Morgan fingerprint density at radius 1 is 1.19 bits per heavy atom. The van der Waals surface area contributed by atoms with Crippen LogP contribution in [0, 0.1) is 13.5 Å². The molecule has 27 heavy (non-hydrogen) atoms. The highest BCUT2D eigenvalue weighted by Crippen LogP contribution is 2.27. The summed E-state index contributed by atoms with van der Waals surface area (Å²) in [6, 6.07) is 13.3. The van der Waals surface area contributed by atoms with Crippen molar-refractivity contribution in [1.82, 2.24) is 9.97 Å². The van der Waals surface area contributed by atoms with Crippen LogP contribution in [0.3, 0.4) is 0 Å². The number of nitrogens with one attached hydrogen (secondary N) is 2. The molecule has 7 heteroatoms. The summed E-state index contributed by atoms with van der Waals surface area (Å²) in [6.07, 6.45) is 1.54. The molecule has 3 rings (SSSR count). The zero-order valence-corrected chi connectivity index (χ0v) is 15.7. The van der Waals surface area contributed by atoms with Crippen molar-refractivity contribution in [2.24, 2.45) is 0 Å². The summed E-state index contributed by atoms with van der Waals surface area (Å²) in [4.78, 5) is 12.1. The fourth-order valence-corrected chi connectivity index (χ4v) is 2.61. The van der Waals surface area contributed by atoms with Crippen LogP contribution in [0.4, 0.5) is 23.1 Å². The van der Waals surface area contributed by atoms with Crippen LogP contribution in [0.2, 0.25) is 5.02 Å². The lowest BCUT2D eigenvalue weighted by molar-refractivity contribution is 0.415. The minimum atomic E-state index is 0.328. The maximum atomic E-state index is 6.99. The molecule has 1 heterocycles. The summed E-state index contributed by atoms with van der Waals surface area (Å²) in [6.45, 7) is 9.31. The second-order valence-electron chi connectivity index (χ2n) is 5.84.